The summed E-state index contributed by atoms with van der Waals surface area (Å²) in [5.41, 5.74) is 1.38. The van der Waals surface area contributed by atoms with Crippen LogP contribution in [0, 0.1) is 0 Å². The molecule has 0 aliphatic carbocycles. The summed E-state index contributed by atoms with van der Waals surface area (Å²) in [5.74, 6) is -0.660. The predicted octanol–water partition coefficient (Wildman–Crippen LogP) is 5.19. The molecule has 5 nitrogen and oxygen atoms in total. The van der Waals surface area contributed by atoms with E-state index < -0.39 is 18.7 Å². The lowest BCUT2D eigenvalue weighted by Crippen LogP contribution is -2.20. The number of halogens is 4. The minimum Gasteiger partial charge on any atom is -0.472 e. The average Bonchev–Trinajstić information content (AvgIpc) is 3.15. The molecule has 1 aromatic carbocycles. The Labute approximate surface area is 156 Å². The van der Waals surface area contributed by atoms with Gasteiger partial charge in [0.2, 0.25) is 5.88 Å². The molecule has 9 heteroatoms. The average molecular weight is 397 g/mol. The van der Waals surface area contributed by atoms with Crippen molar-refractivity contribution in [2.75, 3.05) is 11.9 Å². The van der Waals surface area contributed by atoms with E-state index in [1.54, 1.807) is 24.3 Å². The topological polar surface area (TPSA) is 64.4 Å². The van der Waals surface area contributed by atoms with E-state index in [0.717, 1.165) is 0 Å². The van der Waals surface area contributed by atoms with Crippen molar-refractivity contribution in [3.8, 4) is 17.0 Å². The van der Waals surface area contributed by atoms with Crippen molar-refractivity contribution in [1.29, 1.82) is 0 Å². The lowest BCUT2D eigenvalue weighted by Gasteiger charge is -2.14. The number of anilines is 1. The number of carbonyl (C=O) groups excluding carboxylic acids is 1. The minimum absolute atomic E-state index is 0.212. The maximum atomic E-state index is 12.5. The van der Waals surface area contributed by atoms with Gasteiger partial charge in [-0.3, -0.25) is 4.79 Å². The Morgan fingerprint density at radius 1 is 1.22 bits per heavy atom. The van der Waals surface area contributed by atoms with Crippen LogP contribution < -0.4 is 10.1 Å². The van der Waals surface area contributed by atoms with E-state index in [1.165, 1.54) is 30.9 Å². The number of hydrogen-bond acceptors (Lipinski definition) is 4. The van der Waals surface area contributed by atoms with Crippen LogP contribution in [-0.2, 0) is 0 Å². The van der Waals surface area contributed by atoms with Crippen molar-refractivity contribution in [2.45, 2.75) is 6.18 Å². The summed E-state index contributed by atoms with van der Waals surface area (Å²) in [5, 5.41) is 3.07. The van der Waals surface area contributed by atoms with E-state index in [2.05, 4.69) is 10.3 Å². The summed E-state index contributed by atoms with van der Waals surface area (Å²) in [4.78, 5) is 16.0. The number of benzene rings is 1. The lowest BCUT2D eigenvalue weighted by molar-refractivity contribution is -0.154. The number of furan rings is 1. The second-order valence-corrected chi connectivity index (χ2v) is 5.89. The highest BCUT2D eigenvalue weighted by Gasteiger charge is 2.29. The molecule has 0 spiro atoms. The Morgan fingerprint density at radius 2 is 1.96 bits per heavy atom. The van der Waals surface area contributed by atoms with Crippen molar-refractivity contribution < 1.29 is 27.1 Å². The summed E-state index contributed by atoms with van der Waals surface area (Å²) in [6.45, 7) is -1.48. The fraction of sp³-hybridized carbons (Fsp3) is 0.111. The van der Waals surface area contributed by atoms with Gasteiger partial charge in [-0.15, -0.1) is 0 Å². The van der Waals surface area contributed by atoms with Crippen molar-refractivity contribution >= 4 is 23.2 Å². The summed E-state index contributed by atoms with van der Waals surface area (Å²) in [7, 11) is 0. The van der Waals surface area contributed by atoms with E-state index in [-0.39, 0.29) is 17.1 Å². The number of alkyl halides is 3. The quantitative estimate of drug-likeness (QED) is 0.644. The van der Waals surface area contributed by atoms with Crippen LogP contribution in [0.5, 0.6) is 5.88 Å². The number of carbonyl (C=O) groups is 1. The van der Waals surface area contributed by atoms with Gasteiger partial charge in [-0.05, 0) is 29.8 Å². The summed E-state index contributed by atoms with van der Waals surface area (Å²) in [6.07, 6.45) is -0.680. The number of nitrogens with one attached hydrogen (secondary N) is 1. The Kier molecular flexibility index (Phi) is 5.36. The number of pyridine rings is 1. The van der Waals surface area contributed by atoms with E-state index >= 15 is 0 Å². The molecule has 2 heterocycles. The fourth-order valence-corrected chi connectivity index (χ4v) is 2.34. The number of aromatic nitrogens is 1. The van der Waals surface area contributed by atoms with Gasteiger partial charge in [-0.2, -0.15) is 13.2 Å². The Morgan fingerprint density at radius 3 is 2.59 bits per heavy atom. The monoisotopic (exact) mass is 396 g/mol. The molecule has 3 aromatic rings. The highest BCUT2D eigenvalue weighted by Crippen LogP contribution is 2.32. The zero-order valence-electron chi connectivity index (χ0n) is 13.6. The van der Waals surface area contributed by atoms with Crippen molar-refractivity contribution in [2.24, 2.45) is 0 Å². The van der Waals surface area contributed by atoms with Crippen LogP contribution in [0.4, 0.5) is 18.9 Å². The zero-order chi connectivity index (χ0) is 19.4. The molecule has 0 bridgehead atoms. The molecule has 1 N–H and O–H groups in total. The van der Waals surface area contributed by atoms with Crippen LogP contribution in [0.1, 0.15) is 10.4 Å². The zero-order valence-corrected chi connectivity index (χ0v) is 14.3. The molecule has 27 heavy (non-hydrogen) atoms. The Hall–Kier alpha value is -3.00. The molecule has 0 atom stereocenters. The number of nitrogens with zero attached hydrogens (tertiary/aromatic N) is 1. The van der Waals surface area contributed by atoms with Gasteiger partial charge in [0.25, 0.3) is 5.91 Å². The summed E-state index contributed by atoms with van der Waals surface area (Å²) < 4.78 is 47.2. The normalized spacial score (nSPS) is 11.3. The highest BCUT2D eigenvalue weighted by molar-refractivity contribution is 6.30. The third kappa shape index (κ3) is 5.01. The first-order valence-corrected chi connectivity index (χ1v) is 7.99. The Bertz CT molecular complexity index is 926. The van der Waals surface area contributed by atoms with Crippen LogP contribution in [0.3, 0.4) is 0 Å². The smallest absolute Gasteiger partial charge is 0.422 e. The fourth-order valence-electron chi connectivity index (χ4n) is 2.22. The number of amides is 1. The van der Waals surface area contributed by atoms with Crippen molar-refractivity contribution in [1.82, 2.24) is 4.98 Å². The molecule has 0 saturated carbocycles. The number of ether oxygens (including phenoxy) is 1. The highest BCUT2D eigenvalue weighted by atomic mass is 35.5. The molecule has 0 saturated heterocycles. The minimum atomic E-state index is -4.51. The first-order valence-electron chi connectivity index (χ1n) is 7.61. The largest absolute Gasteiger partial charge is 0.472 e. The standard InChI is InChI=1S/C18H12ClF3N2O3/c19-13-3-1-11(2-4-13)15-7-14(24-16(25)12-5-6-26-9-12)8-23-17(15)27-10-18(20,21)22/h1-9H,10H2,(H,24,25). The van der Waals surface area contributed by atoms with Crippen LogP contribution in [0.25, 0.3) is 11.1 Å². The van der Waals surface area contributed by atoms with Gasteiger partial charge in [0.05, 0.1) is 23.7 Å². The van der Waals surface area contributed by atoms with Gasteiger partial charge in [0.15, 0.2) is 6.61 Å². The van der Waals surface area contributed by atoms with E-state index in [4.69, 9.17) is 20.8 Å². The molecular weight excluding hydrogens is 385 g/mol. The van der Waals surface area contributed by atoms with E-state index in [0.29, 0.717) is 16.1 Å². The molecule has 0 aliphatic rings. The molecule has 2 aromatic heterocycles. The summed E-state index contributed by atoms with van der Waals surface area (Å²) >= 11 is 5.86. The van der Waals surface area contributed by atoms with Gasteiger partial charge in [-0.25, -0.2) is 4.98 Å². The SMILES string of the molecule is O=C(Nc1cnc(OCC(F)(F)F)c(-c2ccc(Cl)cc2)c1)c1ccoc1. The molecular formula is C18H12ClF3N2O3. The van der Waals surface area contributed by atoms with E-state index in [1.807, 2.05) is 0 Å². The van der Waals surface area contributed by atoms with Gasteiger partial charge in [-0.1, -0.05) is 23.7 Å². The first-order chi connectivity index (χ1) is 12.8. The molecule has 0 fully saturated rings. The third-order valence-electron chi connectivity index (χ3n) is 3.42. The third-order valence-corrected chi connectivity index (χ3v) is 3.67. The Balaban J connectivity index is 1.92. The lowest BCUT2D eigenvalue weighted by atomic mass is 10.1. The van der Waals surface area contributed by atoms with Gasteiger partial charge < -0.3 is 14.5 Å². The van der Waals surface area contributed by atoms with Crippen LogP contribution in [-0.4, -0.2) is 23.7 Å². The number of rotatable bonds is 5. The molecule has 0 unspecified atom stereocenters. The van der Waals surface area contributed by atoms with Gasteiger partial charge >= 0.3 is 6.18 Å². The molecule has 0 aliphatic heterocycles. The maximum absolute atomic E-state index is 12.5. The molecule has 1 amide bonds. The number of hydrogen-bond donors (Lipinski definition) is 1. The summed E-state index contributed by atoms with van der Waals surface area (Å²) in [6, 6.07) is 9.34. The van der Waals surface area contributed by atoms with Crippen molar-refractivity contribution in [3.63, 3.8) is 0 Å². The van der Waals surface area contributed by atoms with Crippen LogP contribution >= 0.6 is 11.6 Å². The van der Waals surface area contributed by atoms with Crippen LogP contribution in [0.15, 0.2) is 59.5 Å². The van der Waals surface area contributed by atoms with Gasteiger partial charge in [0, 0.05) is 10.6 Å². The second-order valence-electron chi connectivity index (χ2n) is 5.45. The van der Waals surface area contributed by atoms with E-state index in [9.17, 15) is 18.0 Å². The second kappa shape index (κ2) is 7.71. The predicted molar refractivity (Wildman–Crippen MR) is 92.9 cm³/mol. The molecule has 0 radical (unpaired) electrons. The van der Waals surface area contributed by atoms with Gasteiger partial charge in [0.1, 0.15) is 6.26 Å². The molecule has 3 rings (SSSR count). The van der Waals surface area contributed by atoms with Crippen molar-refractivity contribution in [3.05, 3.63) is 65.7 Å². The maximum Gasteiger partial charge on any atom is 0.422 e. The first kappa shape index (κ1) is 18.8. The molecule has 140 valence electrons. The van der Waals surface area contributed by atoms with Crippen LogP contribution in [0.2, 0.25) is 5.02 Å².